The Morgan fingerprint density at radius 3 is 2.45 bits per heavy atom. The van der Waals surface area contributed by atoms with Gasteiger partial charge in [0.2, 0.25) is 5.91 Å². The third-order valence-electron chi connectivity index (χ3n) is 6.42. The standard InChI is InChI=1S/C28H39N5O5/c1-18(2)29-28(37)32(5)16-25-19(3)15-33(20(4)17-34)26(35)14-21-13-23(11-12-24(21)38-25)31-27(36)30-22-9-7-6-8-10-22/h6-13,18-20,25,34H,14-17H2,1-5H3,(H,29,37)(H2,30,31,36)/t19-,20+,25+/m0/s1. The number of aliphatic hydroxyl groups excluding tert-OH is 1. The molecule has 10 heteroatoms. The van der Waals surface area contributed by atoms with Crippen molar-refractivity contribution in [3.05, 3.63) is 54.1 Å². The van der Waals surface area contributed by atoms with Crippen LogP contribution in [0, 0.1) is 5.92 Å². The molecule has 1 aliphatic heterocycles. The lowest BCUT2D eigenvalue weighted by atomic mass is 10.0. The van der Waals surface area contributed by atoms with Gasteiger partial charge in [-0.05, 0) is 51.1 Å². The van der Waals surface area contributed by atoms with Crippen LogP contribution in [-0.4, -0.2) is 77.8 Å². The summed E-state index contributed by atoms with van der Waals surface area (Å²) in [5.74, 6) is 0.226. The van der Waals surface area contributed by atoms with Crippen molar-refractivity contribution in [3.8, 4) is 5.75 Å². The Kier molecular flexibility index (Phi) is 9.95. The molecule has 0 saturated heterocycles. The molecule has 206 valence electrons. The molecule has 0 unspecified atom stereocenters. The molecule has 1 aliphatic rings. The molecule has 38 heavy (non-hydrogen) atoms. The van der Waals surface area contributed by atoms with E-state index in [0.29, 0.717) is 35.8 Å². The first kappa shape index (κ1) is 28.8. The summed E-state index contributed by atoms with van der Waals surface area (Å²) < 4.78 is 6.43. The molecule has 0 saturated carbocycles. The molecule has 0 aliphatic carbocycles. The molecule has 0 radical (unpaired) electrons. The van der Waals surface area contributed by atoms with Crippen molar-refractivity contribution in [3.63, 3.8) is 0 Å². The number of hydrogen-bond acceptors (Lipinski definition) is 5. The normalized spacial score (nSPS) is 18.3. The van der Waals surface area contributed by atoms with Crippen LogP contribution in [0.5, 0.6) is 5.75 Å². The Balaban J connectivity index is 1.87. The number of nitrogens with one attached hydrogen (secondary N) is 3. The minimum absolute atomic E-state index is 0.00641. The van der Waals surface area contributed by atoms with Crippen molar-refractivity contribution < 1.29 is 24.2 Å². The van der Waals surface area contributed by atoms with E-state index in [2.05, 4.69) is 16.0 Å². The van der Waals surface area contributed by atoms with Crippen LogP contribution in [0.1, 0.15) is 33.3 Å². The van der Waals surface area contributed by atoms with E-state index >= 15 is 0 Å². The highest BCUT2D eigenvalue weighted by atomic mass is 16.5. The lowest BCUT2D eigenvalue weighted by Gasteiger charge is -2.34. The molecule has 0 spiro atoms. The quantitative estimate of drug-likeness (QED) is 0.440. The summed E-state index contributed by atoms with van der Waals surface area (Å²) >= 11 is 0. The molecule has 2 aromatic carbocycles. The molecule has 4 N–H and O–H groups in total. The minimum atomic E-state index is -0.420. The van der Waals surface area contributed by atoms with E-state index in [1.165, 1.54) is 0 Å². The number of likely N-dealkylation sites (N-methyl/N-ethyl adjacent to an activating group) is 1. The lowest BCUT2D eigenvalue weighted by Crippen LogP contribution is -2.49. The predicted octanol–water partition coefficient (Wildman–Crippen LogP) is 3.53. The van der Waals surface area contributed by atoms with Gasteiger partial charge in [-0.2, -0.15) is 0 Å². The Hall–Kier alpha value is -3.79. The molecule has 0 fully saturated rings. The van der Waals surface area contributed by atoms with Gasteiger partial charge in [0.15, 0.2) is 0 Å². The Labute approximate surface area is 224 Å². The lowest BCUT2D eigenvalue weighted by molar-refractivity contribution is -0.134. The van der Waals surface area contributed by atoms with E-state index in [1.807, 2.05) is 39.0 Å². The second-order valence-electron chi connectivity index (χ2n) is 10.1. The molecule has 10 nitrogen and oxygen atoms in total. The van der Waals surface area contributed by atoms with Gasteiger partial charge in [-0.3, -0.25) is 4.79 Å². The van der Waals surface area contributed by atoms with E-state index < -0.39 is 12.1 Å². The molecule has 0 aromatic heterocycles. The van der Waals surface area contributed by atoms with Gasteiger partial charge in [0.1, 0.15) is 11.9 Å². The summed E-state index contributed by atoms with van der Waals surface area (Å²) in [7, 11) is 1.71. The van der Waals surface area contributed by atoms with Gasteiger partial charge in [0, 0.05) is 42.5 Å². The zero-order valence-electron chi connectivity index (χ0n) is 22.7. The zero-order chi connectivity index (χ0) is 27.8. The monoisotopic (exact) mass is 525 g/mol. The van der Waals surface area contributed by atoms with Crippen molar-refractivity contribution >= 4 is 29.3 Å². The predicted molar refractivity (Wildman–Crippen MR) is 147 cm³/mol. The minimum Gasteiger partial charge on any atom is -0.488 e. The highest BCUT2D eigenvalue weighted by Gasteiger charge is 2.32. The third kappa shape index (κ3) is 7.85. The first-order valence-electron chi connectivity index (χ1n) is 12.9. The number of nitrogens with zero attached hydrogens (tertiary/aromatic N) is 2. The highest BCUT2D eigenvalue weighted by molar-refractivity contribution is 5.99. The second kappa shape index (κ2) is 13.1. The number of carbonyl (C=O) groups excluding carboxylic acids is 3. The first-order chi connectivity index (χ1) is 18.1. The molecule has 3 rings (SSSR count). The van der Waals surface area contributed by atoms with Gasteiger partial charge in [-0.15, -0.1) is 0 Å². The largest absolute Gasteiger partial charge is 0.488 e. The van der Waals surface area contributed by atoms with E-state index in [0.717, 1.165) is 0 Å². The van der Waals surface area contributed by atoms with E-state index in [-0.39, 0.29) is 43.0 Å². The number of fused-ring (bicyclic) bond motifs is 1. The second-order valence-corrected chi connectivity index (χ2v) is 10.1. The number of hydrogen-bond donors (Lipinski definition) is 4. The van der Waals surface area contributed by atoms with Crippen molar-refractivity contribution in [1.29, 1.82) is 0 Å². The number of urea groups is 2. The van der Waals surface area contributed by atoms with Crippen LogP contribution in [0.15, 0.2) is 48.5 Å². The number of para-hydroxylation sites is 1. The van der Waals surface area contributed by atoms with Crippen molar-refractivity contribution in [2.24, 2.45) is 5.92 Å². The van der Waals surface area contributed by atoms with Gasteiger partial charge in [-0.1, -0.05) is 25.1 Å². The van der Waals surface area contributed by atoms with Crippen molar-refractivity contribution in [2.45, 2.75) is 52.3 Å². The number of benzene rings is 2. The van der Waals surface area contributed by atoms with E-state index in [9.17, 15) is 19.5 Å². The van der Waals surface area contributed by atoms with Crippen molar-refractivity contribution in [1.82, 2.24) is 15.1 Å². The van der Waals surface area contributed by atoms with Crippen LogP contribution in [-0.2, 0) is 11.2 Å². The fourth-order valence-electron chi connectivity index (χ4n) is 4.25. The summed E-state index contributed by atoms with van der Waals surface area (Å²) in [6, 6.07) is 13.3. The van der Waals surface area contributed by atoms with Crippen LogP contribution >= 0.6 is 0 Å². The highest BCUT2D eigenvalue weighted by Crippen LogP contribution is 2.29. The maximum absolute atomic E-state index is 13.3. The van der Waals surface area contributed by atoms with E-state index in [1.54, 1.807) is 54.1 Å². The fourth-order valence-corrected chi connectivity index (χ4v) is 4.25. The Morgan fingerprint density at radius 2 is 1.79 bits per heavy atom. The topological polar surface area (TPSA) is 123 Å². The summed E-state index contributed by atoms with van der Waals surface area (Å²) in [5.41, 5.74) is 1.77. The van der Waals surface area contributed by atoms with Crippen molar-refractivity contribution in [2.75, 3.05) is 37.4 Å². The first-order valence-corrected chi connectivity index (χ1v) is 12.9. The number of anilines is 2. The van der Waals surface area contributed by atoms with Crippen LogP contribution in [0.2, 0.25) is 0 Å². The summed E-state index contributed by atoms with van der Waals surface area (Å²) in [5, 5.41) is 18.3. The molecular weight excluding hydrogens is 486 g/mol. The maximum atomic E-state index is 13.3. The summed E-state index contributed by atoms with van der Waals surface area (Å²) in [6.45, 7) is 8.05. The fraction of sp³-hybridized carbons (Fsp3) is 0.464. The molecule has 1 heterocycles. The smallest absolute Gasteiger partial charge is 0.323 e. The number of carbonyl (C=O) groups is 3. The average molecular weight is 526 g/mol. The van der Waals surface area contributed by atoms with Gasteiger partial charge >= 0.3 is 12.1 Å². The number of amides is 5. The van der Waals surface area contributed by atoms with Gasteiger partial charge in [0.05, 0.1) is 25.6 Å². The number of ether oxygens (including phenoxy) is 1. The van der Waals surface area contributed by atoms with Crippen LogP contribution < -0.4 is 20.7 Å². The Bertz CT molecular complexity index is 1110. The van der Waals surface area contributed by atoms with Gasteiger partial charge in [-0.25, -0.2) is 9.59 Å². The third-order valence-corrected chi connectivity index (χ3v) is 6.42. The van der Waals surface area contributed by atoms with Gasteiger partial charge < -0.3 is 35.6 Å². The van der Waals surface area contributed by atoms with Crippen LogP contribution in [0.4, 0.5) is 21.0 Å². The SMILES string of the molecule is CC(C)NC(=O)N(C)C[C@H]1Oc2ccc(NC(=O)Nc3ccccc3)cc2CC(=O)N([C@H](C)CO)C[C@@H]1C. The molecule has 2 aromatic rings. The summed E-state index contributed by atoms with van der Waals surface area (Å²) in [4.78, 5) is 41.7. The maximum Gasteiger partial charge on any atom is 0.323 e. The molecule has 0 bridgehead atoms. The number of aliphatic hydroxyl groups is 1. The molecule has 5 amide bonds. The summed E-state index contributed by atoms with van der Waals surface area (Å²) in [6.07, 6.45) is -0.380. The average Bonchev–Trinajstić information content (AvgIpc) is 2.91. The zero-order valence-corrected chi connectivity index (χ0v) is 22.7. The molecule has 3 atom stereocenters. The Morgan fingerprint density at radius 1 is 1.11 bits per heavy atom. The van der Waals surface area contributed by atoms with Crippen LogP contribution in [0.25, 0.3) is 0 Å². The molecular formula is C28H39N5O5. The number of rotatable bonds is 7. The van der Waals surface area contributed by atoms with E-state index in [4.69, 9.17) is 4.74 Å². The van der Waals surface area contributed by atoms with Crippen LogP contribution in [0.3, 0.4) is 0 Å². The van der Waals surface area contributed by atoms with Gasteiger partial charge in [0.25, 0.3) is 0 Å².